The van der Waals surface area contributed by atoms with Crippen molar-refractivity contribution in [2.75, 3.05) is 23.3 Å². The summed E-state index contributed by atoms with van der Waals surface area (Å²) in [6.45, 7) is 3.61. The van der Waals surface area contributed by atoms with Gasteiger partial charge >= 0.3 is 0 Å². The quantitative estimate of drug-likeness (QED) is 0.635. The van der Waals surface area contributed by atoms with Crippen LogP contribution in [-0.4, -0.2) is 34.1 Å². The molecule has 0 radical (unpaired) electrons. The molecule has 0 saturated heterocycles. The van der Waals surface area contributed by atoms with Gasteiger partial charge in [-0.05, 0) is 55.8 Å². The van der Waals surface area contributed by atoms with E-state index in [0.717, 1.165) is 11.1 Å². The molecule has 1 amide bonds. The number of ether oxygens (including phenoxy) is 2. The highest BCUT2D eigenvalue weighted by molar-refractivity contribution is 7.92. The zero-order valence-electron chi connectivity index (χ0n) is 18.0. The number of fused-ring (bicyclic) bond motifs is 1. The van der Waals surface area contributed by atoms with E-state index in [1.807, 2.05) is 19.9 Å². The Labute approximate surface area is 187 Å². The van der Waals surface area contributed by atoms with E-state index in [2.05, 4.69) is 5.32 Å². The fourth-order valence-electron chi connectivity index (χ4n) is 3.49. The minimum absolute atomic E-state index is 0.150. The molecule has 0 unspecified atom stereocenters. The first-order valence-corrected chi connectivity index (χ1v) is 11.5. The van der Waals surface area contributed by atoms with Crippen LogP contribution in [0, 0.1) is 13.8 Å². The van der Waals surface area contributed by atoms with Crippen LogP contribution in [0.2, 0.25) is 0 Å². The third-order valence-corrected chi connectivity index (χ3v) is 7.02. The average molecular weight is 453 g/mol. The first-order valence-electron chi connectivity index (χ1n) is 10.1. The second kappa shape index (κ2) is 8.55. The van der Waals surface area contributed by atoms with Gasteiger partial charge in [0.25, 0.3) is 15.9 Å². The summed E-state index contributed by atoms with van der Waals surface area (Å²) in [5.41, 5.74) is 2.78. The van der Waals surface area contributed by atoms with Gasteiger partial charge in [-0.2, -0.15) is 0 Å². The molecule has 8 heteroatoms. The van der Waals surface area contributed by atoms with Crippen LogP contribution < -0.4 is 19.1 Å². The van der Waals surface area contributed by atoms with E-state index < -0.39 is 22.0 Å². The number of amides is 1. The Morgan fingerprint density at radius 2 is 1.75 bits per heavy atom. The summed E-state index contributed by atoms with van der Waals surface area (Å²) in [7, 11) is -2.37. The summed E-state index contributed by atoms with van der Waals surface area (Å²) in [6, 6.07) is 18.8. The van der Waals surface area contributed by atoms with Crippen molar-refractivity contribution in [3.05, 3.63) is 77.9 Å². The van der Waals surface area contributed by atoms with Crippen LogP contribution in [-0.2, 0) is 14.8 Å². The first kappa shape index (κ1) is 21.7. The molecule has 32 heavy (non-hydrogen) atoms. The van der Waals surface area contributed by atoms with Crippen molar-refractivity contribution in [2.24, 2.45) is 0 Å². The molecule has 0 aliphatic carbocycles. The molecule has 166 valence electrons. The third kappa shape index (κ3) is 4.27. The molecule has 0 saturated carbocycles. The molecule has 3 aromatic rings. The van der Waals surface area contributed by atoms with Crippen LogP contribution in [0.5, 0.6) is 11.5 Å². The Hall–Kier alpha value is -3.52. The number of aryl methyl sites for hydroxylation is 2. The highest BCUT2D eigenvalue weighted by atomic mass is 32.2. The van der Waals surface area contributed by atoms with Gasteiger partial charge in [0.2, 0.25) is 0 Å². The third-order valence-electron chi connectivity index (χ3n) is 5.22. The molecule has 0 fully saturated rings. The molecule has 1 aliphatic heterocycles. The van der Waals surface area contributed by atoms with Crippen LogP contribution in [0.3, 0.4) is 0 Å². The largest absolute Gasteiger partial charge is 0.497 e. The van der Waals surface area contributed by atoms with Gasteiger partial charge in [0.15, 0.2) is 6.10 Å². The lowest BCUT2D eigenvalue weighted by Crippen LogP contribution is -2.48. The lowest BCUT2D eigenvalue weighted by atomic mass is 10.1. The second-order valence-corrected chi connectivity index (χ2v) is 9.51. The molecule has 1 aliphatic rings. The monoisotopic (exact) mass is 452 g/mol. The van der Waals surface area contributed by atoms with Crippen LogP contribution in [0.15, 0.2) is 71.6 Å². The van der Waals surface area contributed by atoms with Crippen molar-refractivity contribution < 1.29 is 22.7 Å². The van der Waals surface area contributed by atoms with E-state index in [1.54, 1.807) is 60.7 Å². The van der Waals surface area contributed by atoms with E-state index in [4.69, 9.17) is 9.47 Å². The number of hydrogen-bond donors (Lipinski definition) is 1. The number of methoxy groups -OCH3 is 1. The summed E-state index contributed by atoms with van der Waals surface area (Å²) in [4.78, 5) is 13.2. The summed E-state index contributed by atoms with van der Waals surface area (Å²) in [5, 5.41) is 2.78. The van der Waals surface area contributed by atoms with E-state index >= 15 is 0 Å². The molecule has 4 rings (SSSR count). The summed E-state index contributed by atoms with van der Waals surface area (Å²) < 4.78 is 39.4. The molecule has 3 aromatic carbocycles. The molecule has 7 nitrogen and oxygen atoms in total. The fraction of sp³-hybridized carbons (Fsp3) is 0.208. The number of carbonyl (C=O) groups excluding carboxylic acids is 1. The lowest BCUT2D eigenvalue weighted by molar-refractivity contribution is -0.122. The highest BCUT2D eigenvalue weighted by Gasteiger charge is 2.37. The van der Waals surface area contributed by atoms with Crippen LogP contribution in [0.25, 0.3) is 0 Å². The zero-order chi connectivity index (χ0) is 22.9. The predicted molar refractivity (Wildman–Crippen MR) is 123 cm³/mol. The summed E-state index contributed by atoms with van der Waals surface area (Å²) >= 11 is 0. The number of benzene rings is 3. The number of anilines is 2. The molecule has 0 aromatic heterocycles. The van der Waals surface area contributed by atoms with Gasteiger partial charge in [0.1, 0.15) is 11.5 Å². The van der Waals surface area contributed by atoms with E-state index in [0.29, 0.717) is 22.9 Å². The van der Waals surface area contributed by atoms with Crippen molar-refractivity contribution in [3.63, 3.8) is 0 Å². The van der Waals surface area contributed by atoms with Crippen molar-refractivity contribution in [3.8, 4) is 11.5 Å². The van der Waals surface area contributed by atoms with Gasteiger partial charge in [-0.15, -0.1) is 0 Å². The number of carbonyl (C=O) groups is 1. The Morgan fingerprint density at radius 1 is 1.03 bits per heavy atom. The molecule has 0 bridgehead atoms. The van der Waals surface area contributed by atoms with Gasteiger partial charge in [-0.1, -0.05) is 29.8 Å². The maximum absolute atomic E-state index is 13.5. The fourth-order valence-corrected chi connectivity index (χ4v) is 4.95. The van der Waals surface area contributed by atoms with Crippen LogP contribution in [0.1, 0.15) is 11.1 Å². The summed E-state index contributed by atoms with van der Waals surface area (Å²) in [6.07, 6.45) is -1.03. The van der Waals surface area contributed by atoms with Crippen molar-refractivity contribution >= 4 is 27.3 Å². The maximum Gasteiger partial charge on any atom is 0.267 e. The maximum atomic E-state index is 13.5. The Balaban J connectivity index is 1.68. The molecular weight excluding hydrogens is 428 g/mol. The summed E-state index contributed by atoms with van der Waals surface area (Å²) in [5.74, 6) is 0.480. The van der Waals surface area contributed by atoms with Gasteiger partial charge in [-0.25, -0.2) is 8.42 Å². The van der Waals surface area contributed by atoms with Crippen molar-refractivity contribution in [1.29, 1.82) is 0 Å². The standard InChI is InChI=1S/C24H24N2O5S/c1-16-7-10-20(11-8-16)32(28,29)26-15-23(31-22-12-9-17(2)13-21(22)26)24(27)25-18-5-4-6-19(14-18)30-3/h4-14,23H,15H2,1-3H3,(H,25,27)/t23-/m0/s1. The molecule has 1 heterocycles. The average Bonchev–Trinajstić information content (AvgIpc) is 2.78. The minimum atomic E-state index is -3.91. The van der Waals surface area contributed by atoms with Crippen LogP contribution in [0.4, 0.5) is 11.4 Å². The molecule has 0 spiro atoms. The molecule has 1 atom stereocenters. The highest BCUT2D eigenvalue weighted by Crippen LogP contribution is 2.38. The smallest absolute Gasteiger partial charge is 0.267 e. The minimum Gasteiger partial charge on any atom is -0.497 e. The van der Waals surface area contributed by atoms with Gasteiger partial charge in [-0.3, -0.25) is 9.10 Å². The van der Waals surface area contributed by atoms with Gasteiger partial charge < -0.3 is 14.8 Å². The Morgan fingerprint density at radius 3 is 2.47 bits per heavy atom. The normalized spacial score (nSPS) is 15.5. The lowest BCUT2D eigenvalue weighted by Gasteiger charge is -2.35. The number of rotatable bonds is 5. The molecule has 1 N–H and O–H groups in total. The zero-order valence-corrected chi connectivity index (χ0v) is 18.8. The number of nitrogens with zero attached hydrogens (tertiary/aromatic N) is 1. The van der Waals surface area contributed by atoms with Gasteiger partial charge in [0.05, 0.1) is 24.2 Å². The first-order chi connectivity index (χ1) is 15.3. The predicted octanol–water partition coefficient (Wildman–Crippen LogP) is 3.91. The van der Waals surface area contributed by atoms with E-state index in [1.165, 1.54) is 11.4 Å². The second-order valence-electron chi connectivity index (χ2n) is 7.65. The number of hydrogen-bond acceptors (Lipinski definition) is 5. The SMILES string of the molecule is COc1cccc(NC(=O)[C@@H]2CN(S(=O)(=O)c3ccc(C)cc3)c3cc(C)ccc3O2)c1. The molecular formula is C24H24N2O5S. The van der Waals surface area contributed by atoms with E-state index in [-0.39, 0.29) is 11.4 Å². The van der Waals surface area contributed by atoms with Gasteiger partial charge in [0, 0.05) is 11.8 Å². The Bertz CT molecular complexity index is 1260. The Kier molecular flexibility index (Phi) is 5.80. The number of nitrogens with one attached hydrogen (secondary N) is 1. The van der Waals surface area contributed by atoms with Crippen molar-refractivity contribution in [1.82, 2.24) is 0 Å². The topological polar surface area (TPSA) is 84.9 Å². The van der Waals surface area contributed by atoms with Crippen molar-refractivity contribution in [2.45, 2.75) is 24.8 Å². The number of sulfonamides is 1. The van der Waals surface area contributed by atoms with E-state index in [9.17, 15) is 13.2 Å². The van der Waals surface area contributed by atoms with Crippen LogP contribution >= 0.6 is 0 Å².